The normalized spacial score (nSPS) is 12.4. The van der Waals surface area contributed by atoms with Crippen LogP contribution in [-0.2, 0) is 0 Å². The van der Waals surface area contributed by atoms with E-state index in [-0.39, 0.29) is 12.1 Å². The molecule has 0 unspecified atom stereocenters. The molecule has 0 fully saturated rings. The fourth-order valence-corrected chi connectivity index (χ4v) is 2.15. The Hall–Kier alpha value is -1.11. The molecule has 0 saturated carbocycles. The van der Waals surface area contributed by atoms with Gasteiger partial charge >= 0.3 is 6.18 Å². The number of amides is 1. The van der Waals surface area contributed by atoms with E-state index in [0.717, 1.165) is 6.07 Å². The van der Waals surface area contributed by atoms with E-state index in [1.807, 2.05) is 0 Å². The average molecular weight is 370 g/mol. The van der Waals surface area contributed by atoms with Crippen LogP contribution < -0.4 is 0 Å². The minimum absolute atomic E-state index is 0.124. The van der Waals surface area contributed by atoms with E-state index in [2.05, 4.69) is 15.9 Å². The summed E-state index contributed by atoms with van der Waals surface area (Å²) in [7, 11) is 0. The zero-order valence-corrected chi connectivity index (χ0v) is 13.5. The van der Waals surface area contributed by atoms with E-state index >= 15 is 0 Å². The van der Waals surface area contributed by atoms with Crippen molar-refractivity contribution in [2.75, 3.05) is 13.1 Å². The van der Waals surface area contributed by atoms with Gasteiger partial charge in [0.1, 0.15) is 12.4 Å². The van der Waals surface area contributed by atoms with Crippen LogP contribution in [0.5, 0.6) is 0 Å². The van der Waals surface area contributed by atoms with Crippen molar-refractivity contribution in [1.29, 1.82) is 0 Å². The van der Waals surface area contributed by atoms with Gasteiger partial charge < -0.3 is 4.90 Å². The number of benzene rings is 1. The topological polar surface area (TPSA) is 20.3 Å². The van der Waals surface area contributed by atoms with E-state index in [0.29, 0.717) is 9.37 Å². The summed E-state index contributed by atoms with van der Waals surface area (Å²) in [5, 5.41) is 0. The SMILES string of the molecule is CC(C)(C)CN(CC(F)(F)F)C(=O)c1ccc(Br)cc1F. The quantitative estimate of drug-likeness (QED) is 0.710. The van der Waals surface area contributed by atoms with Gasteiger partial charge in [-0.05, 0) is 23.6 Å². The second-order valence-electron chi connectivity index (χ2n) is 5.96. The molecule has 1 aromatic carbocycles. The van der Waals surface area contributed by atoms with Crippen LogP contribution in [0.3, 0.4) is 0 Å². The standard InChI is InChI=1S/C14H16BrF4NO/c1-13(2,3)7-20(8-14(17,18)19)12(21)10-5-4-9(15)6-11(10)16/h4-6H,7-8H2,1-3H3. The number of hydrogen-bond acceptors (Lipinski definition) is 1. The number of nitrogens with zero attached hydrogens (tertiary/aromatic N) is 1. The highest BCUT2D eigenvalue weighted by Gasteiger charge is 2.35. The van der Waals surface area contributed by atoms with E-state index < -0.39 is 29.9 Å². The van der Waals surface area contributed by atoms with Crippen LogP contribution in [0, 0.1) is 11.2 Å². The second kappa shape index (κ2) is 6.34. The number of carbonyl (C=O) groups excluding carboxylic acids is 1. The van der Waals surface area contributed by atoms with Crippen molar-refractivity contribution in [1.82, 2.24) is 4.90 Å². The monoisotopic (exact) mass is 369 g/mol. The Morgan fingerprint density at radius 3 is 2.19 bits per heavy atom. The molecule has 0 atom stereocenters. The van der Waals surface area contributed by atoms with Gasteiger partial charge in [0, 0.05) is 11.0 Å². The van der Waals surface area contributed by atoms with Gasteiger partial charge in [0.2, 0.25) is 0 Å². The van der Waals surface area contributed by atoms with Crippen molar-refractivity contribution in [3.05, 3.63) is 34.1 Å². The van der Waals surface area contributed by atoms with Crippen LogP contribution in [0.2, 0.25) is 0 Å². The predicted molar refractivity (Wildman–Crippen MR) is 75.5 cm³/mol. The molecule has 118 valence electrons. The Morgan fingerprint density at radius 2 is 1.76 bits per heavy atom. The van der Waals surface area contributed by atoms with Gasteiger partial charge in [-0.3, -0.25) is 4.79 Å². The molecular formula is C14H16BrF4NO. The molecule has 21 heavy (non-hydrogen) atoms. The zero-order valence-electron chi connectivity index (χ0n) is 11.9. The summed E-state index contributed by atoms with van der Waals surface area (Å²) < 4.78 is 52.1. The third-order valence-corrected chi connectivity index (χ3v) is 2.98. The van der Waals surface area contributed by atoms with Gasteiger partial charge in [-0.25, -0.2) is 4.39 Å². The van der Waals surface area contributed by atoms with Crippen molar-refractivity contribution in [2.45, 2.75) is 26.9 Å². The molecule has 1 amide bonds. The predicted octanol–water partition coefficient (Wildman–Crippen LogP) is 4.64. The van der Waals surface area contributed by atoms with Gasteiger partial charge in [-0.1, -0.05) is 36.7 Å². The van der Waals surface area contributed by atoms with E-state index in [1.165, 1.54) is 12.1 Å². The molecule has 0 heterocycles. The number of halogens is 5. The van der Waals surface area contributed by atoms with Gasteiger partial charge in [-0.15, -0.1) is 0 Å². The minimum Gasteiger partial charge on any atom is -0.329 e. The summed E-state index contributed by atoms with van der Waals surface area (Å²) in [5.74, 6) is -1.82. The van der Waals surface area contributed by atoms with Gasteiger partial charge in [0.15, 0.2) is 0 Å². The Bertz CT molecular complexity index is 507. The fraction of sp³-hybridized carbons (Fsp3) is 0.500. The van der Waals surface area contributed by atoms with Crippen LogP contribution in [0.4, 0.5) is 17.6 Å². The Labute approximate surface area is 129 Å². The van der Waals surface area contributed by atoms with E-state index in [1.54, 1.807) is 20.8 Å². The molecule has 0 spiro atoms. The molecule has 0 aromatic heterocycles. The van der Waals surface area contributed by atoms with Crippen molar-refractivity contribution in [3.8, 4) is 0 Å². The third-order valence-electron chi connectivity index (χ3n) is 2.48. The molecular weight excluding hydrogens is 354 g/mol. The first-order valence-electron chi connectivity index (χ1n) is 6.20. The summed E-state index contributed by atoms with van der Waals surface area (Å²) in [4.78, 5) is 12.8. The largest absolute Gasteiger partial charge is 0.406 e. The molecule has 0 bridgehead atoms. The Kier molecular flexibility index (Phi) is 5.41. The van der Waals surface area contributed by atoms with E-state index in [4.69, 9.17) is 0 Å². The van der Waals surface area contributed by atoms with Crippen LogP contribution in [0.1, 0.15) is 31.1 Å². The molecule has 7 heteroatoms. The molecule has 0 aliphatic carbocycles. The lowest BCUT2D eigenvalue weighted by Gasteiger charge is -2.30. The molecule has 1 rings (SSSR count). The molecule has 0 saturated heterocycles. The van der Waals surface area contributed by atoms with Crippen LogP contribution in [0.15, 0.2) is 22.7 Å². The number of alkyl halides is 3. The average Bonchev–Trinajstić information content (AvgIpc) is 2.23. The number of rotatable bonds is 3. The fourth-order valence-electron chi connectivity index (χ4n) is 1.82. The summed E-state index contributed by atoms with van der Waals surface area (Å²) in [6.07, 6.45) is -4.53. The van der Waals surface area contributed by atoms with Crippen LogP contribution in [-0.4, -0.2) is 30.1 Å². The van der Waals surface area contributed by atoms with Crippen molar-refractivity contribution in [2.24, 2.45) is 5.41 Å². The van der Waals surface area contributed by atoms with Crippen LogP contribution in [0.25, 0.3) is 0 Å². The highest BCUT2D eigenvalue weighted by Crippen LogP contribution is 2.24. The summed E-state index contributed by atoms with van der Waals surface area (Å²) in [6.45, 7) is 3.60. The maximum absolute atomic E-state index is 13.8. The second-order valence-corrected chi connectivity index (χ2v) is 6.88. The molecule has 0 N–H and O–H groups in total. The van der Waals surface area contributed by atoms with Gasteiger partial charge in [0.05, 0.1) is 5.56 Å². The van der Waals surface area contributed by atoms with Gasteiger partial charge in [-0.2, -0.15) is 13.2 Å². The first-order chi connectivity index (χ1) is 9.39. The first kappa shape index (κ1) is 17.9. The lowest BCUT2D eigenvalue weighted by Crippen LogP contribution is -2.43. The minimum atomic E-state index is -4.53. The smallest absolute Gasteiger partial charge is 0.329 e. The molecule has 2 nitrogen and oxygen atoms in total. The van der Waals surface area contributed by atoms with Crippen molar-refractivity contribution >= 4 is 21.8 Å². The zero-order chi connectivity index (χ0) is 16.4. The number of carbonyl (C=O) groups is 1. The van der Waals surface area contributed by atoms with Gasteiger partial charge in [0.25, 0.3) is 5.91 Å². The summed E-state index contributed by atoms with van der Waals surface area (Å²) in [5.41, 5.74) is -0.904. The lowest BCUT2D eigenvalue weighted by molar-refractivity contribution is -0.142. The number of hydrogen-bond donors (Lipinski definition) is 0. The van der Waals surface area contributed by atoms with Crippen molar-refractivity contribution in [3.63, 3.8) is 0 Å². The lowest BCUT2D eigenvalue weighted by atomic mass is 9.95. The molecule has 0 radical (unpaired) electrons. The molecule has 0 aliphatic rings. The maximum Gasteiger partial charge on any atom is 0.406 e. The first-order valence-corrected chi connectivity index (χ1v) is 6.99. The van der Waals surface area contributed by atoms with Crippen LogP contribution >= 0.6 is 15.9 Å². The molecule has 0 aliphatic heterocycles. The highest BCUT2D eigenvalue weighted by molar-refractivity contribution is 9.10. The molecule has 1 aromatic rings. The Morgan fingerprint density at radius 1 is 1.19 bits per heavy atom. The van der Waals surface area contributed by atoms with E-state index in [9.17, 15) is 22.4 Å². The summed E-state index contributed by atoms with van der Waals surface area (Å²) in [6, 6.07) is 3.64. The summed E-state index contributed by atoms with van der Waals surface area (Å²) >= 11 is 3.04. The van der Waals surface area contributed by atoms with Crippen molar-refractivity contribution < 1.29 is 22.4 Å². The maximum atomic E-state index is 13.8. The Balaban J connectivity index is 3.09. The third kappa shape index (κ3) is 6.03. The highest BCUT2D eigenvalue weighted by atomic mass is 79.9.